The number of likely N-dealkylation sites (N-methyl/N-ethyl adjacent to an activating group) is 1. The van der Waals surface area contributed by atoms with E-state index in [1.807, 2.05) is 19.0 Å². The van der Waals surface area contributed by atoms with Crippen LogP contribution in [0.1, 0.15) is 115 Å². The number of ether oxygens (including phenoxy) is 7. The van der Waals surface area contributed by atoms with Crippen LogP contribution < -0.4 is 0 Å². The smallest absolute Gasteiger partial charge is 0.316 e. The second kappa shape index (κ2) is 16.7. The van der Waals surface area contributed by atoms with Gasteiger partial charge in [0.15, 0.2) is 30.4 Å². The fourth-order valence-electron chi connectivity index (χ4n) is 9.37. The van der Waals surface area contributed by atoms with Gasteiger partial charge in [0, 0.05) is 48.4 Å². The minimum Gasteiger partial charge on any atom is -0.507 e. The molecule has 2 aromatic rings. The molecule has 6 N–H and O–H groups in total. The number of esters is 1. The maximum absolute atomic E-state index is 14.0. The summed E-state index contributed by atoms with van der Waals surface area (Å²) in [6.07, 6.45) is -10.9. The Bertz CT molecular complexity index is 2030. The molecule has 7 rings (SSSR count). The maximum Gasteiger partial charge on any atom is 0.316 e. The van der Waals surface area contributed by atoms with E-state index in [-0.39, 0.29) is 60.1 Å². The number of hydrogen-bond acceptors (Lipinski definition) is 18. The quantitative estimate of drug-likeness (QED) is 0.133. The van der Waals surface area contributed by atoms with E-state index in [0.29, 0.717) is 0 Å². The molecule has 3 fully saturated rings. The highest BCUT2D eigenvalue weighted by Gasteiger charge is 2.55. The first-order valence-corrected chi connectivity index (χ1v) is 20.1. The third-order valence-corrected chi connectivity index (χ3v) is 12.6. The summed E-state index contributed by atoms with van der Waals surface area (Å²) < 4.78 is 42.1. The Labute approximate surface area is 345 Å². The van der Waals surface area contributed by atoms with Crippen LogP contribution in [0.4, 0.5) is 0 Å². The molecule has 18 heteroatoms. The highest BCUT2D eigenvalue weighted by molar-refractivity contribution is 6.31. The van der Waals surface area contributed by atoms with Gasteiger partial charge in [0.05, 0.1) is 53.8 Å². The Morgan fingerprint density at radius 1 is 0.833 bits per heavy atom. The number of phenolic OH excluding ortho intramolecular Hbond substituents is 3. The molecule has 0 radical (unpaired) electrons. The van der Waals surface area contributed by atoms with Gasteiger partial charge in [-0.15, -0.1) is 0 Å². The topological polar surface area (TPSA) is 258 Å². The first kappa shape index (κ1) is 44.0. The van der Waals surface area contributed by atoms with Crippen molar-refractivity contribution >= 4 is 23.3 Å². The van der Waals surface area contributed by atoms with Gasteiger partial charge in [-0.2, -0.15) is 0 Å². The number of methoxy groups -OCH3 is 1. The number of fused-ring (bicyclic) bond motifs is 3. The van der Waals surface area contributed by atoms with Crippen LogP contribution in [-0.4, -0.2) is 153 Å². The van der Waals surface area contributed by atoms with Crippen LogP contribution in [0.25, 0.3) is 0 Å². The summed E-state index contributed by atoms with van der Waals surface area (Å²) in [4.78, 5) is 55.2. The van der Waals surface area contributed by atoms with Gasteiger partial charge in [-0.1, -0.05) is 19.1 Å². The number of aliphatic hydroxyl groups excluding tert-OH is 2. The molecular formula is C42H53NO17. The molecule has 2 aromatic carbocycles. The number of hydrogen-bond donors (Lipinski definition) is 6. The Balaban J connectivity index is 1.15. The van der Waals surface area contributed by atoms with E-state index in [1.165, 1.54) is 18.2 Å². The normalized spacial score (nSPS) is 36.7. The summed E-state index contributed by atoms with van der Waals surface area (Å²) in [6.45, 7) is 6.60. The Kier molecular flexibility index (Phi) is 12.2. The van der Waals surface area contributed by atoms with Crippen molar-refractivity contribution in [3.63, 3.8) is 0 Å². The van der Waals surface area contributed by atoms with E-state index >= 15 is 0 Å². The highest BCUT2D eigenvalue weighted by Crippen LogP contribution is 2.57. The van der Waals surface area contributed by atoms with Gasteiger partial charge in [0.2, 0.25) is 5.78 Å². The molecule has 0 bridgehead atoms. The van der Waals surface area contributed by atoms with Gasteiger partial charge in [0.1, 0.15) is 47.6 Å². The molecule has 3 aliphatic heterocycles. The molecule has 60 heavy (non-hydrogen) atoms. The average Bonchev–Trinajstić information content (AvgIpc) is 3.18. The lowest BCUT2D eigenvalue weighted by molar-refractivity contribution is -0.330. The van der Waals surface area contributed by atoms with E-state index < -0.39 is 131 Å². The van der Waals surface area contributed by atoms with Crippen molar-refractivity contribution in [2.75, 3.05) is 21.2 Å². The molecule has 3 saturated heterocycles. The summed E-state index contributed by atoms with van der Waals surface area (Å²) in [5.41, 5.74) is -4.28. The van der Waals surface area contributed by atoms with Gasteiger partial charge < -0.3 is 68.7 Å². The summed E-state index contributed by atoms with van der Waals surface area (Å²) in [7, 11) is 4.73. The largest absolute Gasteiger partial charge is 0.507 e. The molecule has 0 saturated carbocycles. The fourth-order valence-corrected chi connectivity index (χ4v) is 9.37. The van der Waals surface area contributed by atoms with Crippen LogP contribution >= 0.6 is 0 Å². The highest BCUT2D eigenvalue weighted by atomic mass is 16.7. The third kappa shape index (κ3) is 7.50. The molecule has 3 heterocycles. The second-order valence-electron chi connectivity index (χ2n) is 16.6. The Morgan fingerprint density at radius 2 is 1.47 bits per heavy atom. The first-order valence-electron chi connectivity index (χ1n) is 20.1. The van der Waals surface area contributed by atoms with Crippen molar-refractivity contribution in [3.05, 3.63) is 51.6 Å². The third-order valence-electron chi connectivity index (χ3n) is 12.6. The first-order chi connectivity index (χ1) is 28.3. The number of aliphatic hydroxyl groups is 3. The lowest BCUT2D eigenvalue weighted by Crippen LogP contribution is -2.58. The van der Waals surface area contributed by atoms with E-state index in [1.54, 1.807) is 27.7 Å². The van der Waals surface area contributed by atoms with Gasteiger partial charge in [-0.3, -0.25) is 19.2 Å². The predicted molar refractivity (Wildman–Crippen MR) is 204 cm³/mol. The van der Waals surface area contributed by atoms with E-state index in [0.717, 1.165) is 7.11 Å². The van der Waals surface area contributed by atoms with Crippen LogP contribution in [0.3, 0.4) is 0 Å². The van der Waals surface area contributed by atoms with E-state index in [2.05, 4.69) is 0 Å². The molecule has 328 valence electrons. The zero-order valence-electron chi connectivity index (χ0n) is 34.4. The maximum atomic E-state index is 14.0. The van der Waals surface area contributed by atoms with Gasteiger partial charge >= 0.3 is 5.97 Å². The van der Waals surface area contributed by atoms with E-state index in [9.17, 15) is 49.8 Å². The lowest BCUT2D eigenvalue weighted by atomic mass is 9.66. The number of ketones is 3. The number of aromatic hydroxyl groups is 3. The number of carbonyl (C=O) groups excluding carboxylic acids is 4. The van der Waals surface area contributed by atoms with Gasteiger partial charge in [-0.05, 0) is 47.4 Å². The number of Topliss-reactive ketones (excluding diaryl/α,β-unsaturated/α-hetero) is 1. The van der Waals surface area contributed by atoms with Crippen LogP contribution in [-0.2, 0) is 42.7 Å². The molecule has 18 nitrogen and oxygen atoms in total. The van der Waals surface area contributed by atoms with Crippen molar-refractivity contribution in [2.24, 2.45) is 0 Å². The van der Waals surface area contributed by atoms with E-state index in [4.69, 9.17) is 33.2 Å². The fraction of sp³-hybridized carbons (Fsp3) is 0.619. The number of nitrogens with zero attached hydrogens (tertiary/aromatic N) is 1. The molecule has 1 unspecified atom stereocenters. The van der Waals surface area contributed by atoms with Crippen LogP contribution in [0.15, 0.2) is 18.2 Å². The SMILES string of the molecule is CC[C@@]1(O)C[C@H](O[C@H]2C[C@H](N(C)C)[C@H](O[C@H]3C[C@H](O)[C@H](O[C@@H]4O[C@@H](C)C(=O)C[C@@H]4O)[C@H](C)O3)[C@H](C)O2)c2c(O)c3c(c(O)c2C1C(=O)OC)C(=O)c1cccc(O)c1C3=O. The van der Waals surface area contributed by atoms with Gasteiger partial charge in [0.25, 0.3) is 0 Å². The summed E-state index contributed by atoms with van der Waals surface area (Å²) >= 11 is 0. The summed E-state index contributed by atoms with van der Waals surface area (Å²) in [6, 6.07) is 3.43. The van der Waals surface area contributed by atoms with Crippen LogP contribution in [0.2, 0.25) is 0 Å². The lowest BCUT2D eigenvalue weighted by Gasteiger charge is -2.48. The zero-order valence-corrected chi connectivity index (χ0v) is 34.4. The molecule has 0 spiro atoms. The molecule has 14 atom stereocenters. The van der Waals surface area contributed by atoms with Crippen molar-refractivity contribution in [1.29, 1.82) is 0 Å². The summed E-state index contributed by atoms with van der Waals surface area (Å²) in [5.74, 6) is -6.77. The molecular weight excluding hydrogens is 790 g/mol. The average molecular weight is 844 g/mol. The zero-order chi connectivity index (χ0) is 43.7. The van der Waals surface area contributed by atoms with Crippen molar-refractivity contribution in [3.8, 4) is 17.2 Å². The minimum atomic E-state index is -1.94. The number of carbonyl (C=O) groups is 4. The van der Waals surface area contributed by atoms with Crippen molar-refractivity contribution in [1.82, 2.24) is 4.90 Å². The standard InChI is InChI=1S/C42H53NO17/c1-8-42(53)15-25(29-30(33(42)40(52)54-7)37(51)31-32(36(29)50)35(49)28-19(34(31)48)10-9-11-21(28)44)58-26-12-20(43(5)6)38(17(3)55-26)59-27-14-23(46)39(18(4)56-27)60-41-24(47)13-22(45)16(2)57-41/h9-11,16-18,20,23-27,33,38-39,41,44,46-47,50-51,53H,8,12-15H2,1-7H3/t16-,17-,18-,20-,23-,24-,25-,26-,27-,33?,38+,39+,41-,42+/m0/s1. The minimum absolute atomic E-state index is 0.0119. The van der Waals surface area contributed by atoms with Gasteiger partial charge in [-0.25, -0.2) is 0 Å². The number of rotatable bonds is 9. The van der Waals surface area contributed by atoms with Crippen LogP contribution in [0.5, 0.6) is 17.2 Å². The monoisotopic (exact) mass is 843 g/mol. The van der Waals surface area contributed by atoms with Crippen molar-refractivity contribution < 1.29 is 83.0 Å². The van der Waals surface area contributed by atoms with Crippen LogP contribution in [0, 0.1) is 0 Å². The predicted octanol–water partition coefficient (Wildman–Crippen LogP) is 1.83. The Morgan fingerprint density at radius 3 is 2.10 bits per heavy atom. The van der Waals surface area contributed by atoms with Crippen molar-refractivity contribution in [2.45, 2.75) is 145 Å². The molecule has 5 aliphatic rings. The number of benzene rings is 2. The number of phenols is 3. The molecule has 2 aliphatic carbocycles. The molecule has 0 aromatic heterocycles. The Hall–Kier alpha value is -4.08. The molecule has 0 amide bonds. The summed E-state index contributed by atoms with van der Waals surface area (Å²) in [5, 5.41) is 68.2. The second-order valence-corrected chi connectivity index (χ2v) is 16.6.